The smallest absolute Gasteiger partial charge is 0.133 e. The van der Waals surface area contributed by atoms with Gasteiger partial charge in [-0.3, -0.25) is 9.59 Å². The predicted molar refractivity (Wildman–Crippen MR) is 139 cm³/mol. The molecule has 1 aromatic rings. The van der Waals surface area contributed by atoms with E-state index in [1.165, 1.54) is 88.2 Å². The van der Waals surface area contributed by atoms with Crippen molar-refractivity contribution < 1.29 is 9.59 Å². The van der Waals surface area contributed by atoms with Crippen LogP contribution in [0.2, 0.25) is 0 Å². The summed E-state index contributed by atoms with van der Waals surface area (Å²) in [6.07, 6.45) is 18.6. The van der Waals surface area contributed by atoms with E-state index in [-0.39, 0.29) is 0 Å². The molecule has 2 heteroatoms. The van der Waals surface area contributed by atoms with Crippen LogP contribution in [-0.4, -0.2) is 11.6 Å². The van der Waals surface area contributed by atoms with E-state index >= 15 is 0 Å². The van der Waals surface area contributed by atoms with Gasteiger partial charge in [0.15, 0.2) is 0 Å². The van der Waals surface area contributed by atoms with Crippen molar-refractivity contribution in [2.24, 2.45) is 17.8 Å². The van der Waals surface area contributed by atoms with E-state index in [1.54, 1.807) is 0 Å². The highest BCUT2D eigenvalue weighted by Crippen LogP contribution is 2.37. The van der Waals surface area contributed by atoms with Gasteiger partial charge in [-0.1, -0.05) is 82.6 Å². The van der Waals surface area contributed by atoms with Crippen LogP contribution in [0, 0.1) is 24.7 Å². The van der Waals surface area contributed by atoms with Gasteiger partial charge in [-0.25, -0.2) is 0 Å². The van der Waals surface area contributed by atoms with E-state index in [1.807, 2.05) is 0 Å². The summed E-state index contributed by atoms with van der Waals surface area (Å²) in [6.45, 7) is 4.49. The Morgan fingerprint density at radius 1 is 0.788 bits per heavy atom. The molecule has 0 N–H and O–H groups in total. The monoisotopic (exact) mass is 452 g/mol. The van der Waals surface area contributed by atoms with Crippen molar-refractivity contribution in [1.82, 2.24) is 0 Å². The summed E-state index contributed by atoms with van der Waals surface area (Å²) >= 11 is 0. The van der Waals surface area contributed by atoms with Crippen molar-refractivity contribution in [3.05, 3.63) is 35.4 Å². The third kappa shape index (κ3) is 8.69. The number of ketones is 2. The zero-order valence-electron chi connectivity index (χ0n) is 21.5. The minimum absolute atomic E-state index is 0.389. The van der Waals surface area contributed by atoms with Crippen LogP contribution in [0.5, 0.6) is 0 Å². The topological polar surface area (TPSA) is 34.1 Å². The normalized spacial score (nSPS) is 26.0. The largest absolute Gasteiger partial charge is 0.300 e. The first-order valence-electron chi connectivity index (χ1n) is 14.2. The Bertz CT molecular complexity index is 736. The van der Waals surface area contributed by atoms with Gasteiger partial charge in [-0.15, -0.1) is 0 Å². The lowest BCUT2D eigenvalue weighted by Crippen LogP contribution is -2.22. The summed E-state index contributed by atoms with van der Waals surface area (Å²) in [7, 11) is 0. The molecular formula is C31H48O2. The van der Waals surface area contributed by atoms with E-state index in [4.69, 9.17) is 0 Å². The molecule has 2 nitrogen and oxygen atoms in total. The lowest BCUT2D eigenvalue weighted by molar-refractivity contribution is -0.121. The molecule has 0 aliphatic heterocycles. The molecule has 33 heavy (non-hydrogen) atoms. The van der Waals surface area contributed by atoms with Gasteiger partial charge in [0.05, 0.1) is 0 Å². The molecule has 0 bridgehead atoms. The van der Waals surface area contributed by atoms with Crippen LogP contribution in [-0.2, 0) is 9.59 Å². The van der Waals surface area contributed by atoms with Crippen LogP contribution in [0.3, 0.4) is 0 Å². The molecule has 4 atom stereocenters. The van der Waals surface area contributed by atoms with Crippen LogP contribution in [0.25, 0.3) is 0 Å². The van der Waals surface area contributed by atoms with Gasteiger partial charge in [0.25, 0.3) is 0 Å². The van der Waals surface area contributed by atoms with Gasteiger partial charge in [0.1, 0.15) is 11.6 Å². The summed E-state index contributed by atoms with van der Waals surface area (Å²) in [5.74, 6) is 3.38. The SMILES string of the molecule is CCCCC1CCCCC1CC(=O)CCCC(=O)CC1CCCC(c2ccccc2C)CC1. The highest BCUT2D eigenvalue weighted by atomic mass is 16.1. The Hall–Kier alpha value is -1.44. The summed E-state index contributed by atoms with van der Waals surface area (Å²) in [5.41, 5.74) is 2.92. The molecule has 0 spiro atoms. The Morgan fingerprint density at radius 3 is 2.27 bits per heavy atom. The van der Waals surface area contributed by atoms with Gasteiger partial charge in [0.2, 0.25) is 0 Å². The van der Waals surface area contributed by atoms with Crippen molar-refractivity contribution in [2.75, 3.05) is 0 Å². The molecule has 2 aliphatic carbocycles. The minimum Gasteiger partial charge on any atom is -0.300 e. The Labute approximate surface area is 203 Å². The first-order chi connectivity index (χ1) is 16.1. The lowest BCUT2D eigenvalue weighted by Gasteiger charge is -2.31. The van der Waals surface area contributed by atoms with Gasteiger partial charge >= 0.3 is 0 Å². The maximum absolute atomic E-state index is 12.7. The summed E-state index contributed by atoms with van der Waals surface area (Å²) < 4.78 is 0. The fourth-order valence-corrected chi connectivity index (χ4v) is 6.64. The number of carbonyl (C=O) groups excluding carboxylic acids is 2. The predicted octanol–water partition coefficient (Wildman–Crippen LogP) is 8.74. The van der Waals surface area contributed by atoms with E-state index in [2.05, 4.69) is 38.1 Å². The number of aryl methyl sites for hydroxylation is 1. The first-order valence-corrected chi connectivity index (χ1v) is 14.2. The van der Waals surface area contributed by atoms with E-state index in [0.717, 1.165) is 25.2 Å². The van der Waals surface area contributed by atoms with Crippen molar-refractivity contribution >= 4 is 11.6 Å². The highest BCUT2D eigenvalue weighted by Gasteiger charge is 2.27. The summed E-state index contributed by atoms with van der Waals surface area (Å²) in [5, 5.41) is 0. The van der Waals surface area contributed by atoms with Crippen LogP contribution in [0.1, 0.15) is 133 Å². The molecule has 2 fully saturated rings. The molecule has 0 amide bonds. The molecule has 0 heterocycles. The van der Waals surface area contributed by atoms with Gasteiger partial charge in [-0.05, 0) is 73.8 Å². The van der Waals surface area contributed by atoms with Crippen LogP contribution in [0.15, 0.2) is 24.3 Å². The molecule has 3 rings (SSSR count). The second-order valence-corrected chi connectivity index (χ2v) is 11.2. The zero-order chi connectivity index (χ0) is 23.5. The first kappa shape index (κ1) is 26.2. The summed E-state index contributed by atoms with van der Waals surface area (Å²) in [6, 6.07) is 8.81. The van der Waals surface area contributed by atoms with Gasteiger partial charge in [-0.2, -0.15) is 0 Å². The zero-order valence-corrected chi connectivity index (χ0v) is 21.5. The number of hydrogen-bond donors (Lipinski definition) is 0. The average Bonchev–Trinajstić information content (AvgIpc) is 3.04. The third-order valence-corrected chi connectivity index (χ3v) is 8.63. The fourth-order valence-electron chi connectivity index (χ4n) is 6.64. The lowest BCUT2D eigenvalue weighted by atomic mass is 9.74. The van der Waals surface area contributed by atoms with Crippen molar-refractivity contribution in [2.45, 2.75) is 129 Å². The molecule has 0 aromatic heterocycles. The second kappa shape index (κ2) is 14.1. The molecule has 2 saturated carbocycles. The Morgan fingerprint density at radius 2 is 1.52 bits per heavy atom. The molecule has 184 valence electrons. The minimum atomic E-state index is 0.389. The van der Waals surface area contributed by atoms with Gasteiger partial charge < -0.3 is 0 Å². The number of unbranched alkanes of at least 4 members (excludes halogenated alkanes) is 1. The van der Waals surface area contributed by atoms with Crippen LogP contribution >= 0.6 is 0 Å². The Balaban J connectivity index is 1.34. The number of carbonyl (C=O) groups is 2. The van der Waals surface area contributed by atoms with E-state index in [9.17, 15) is 9.59 Å². The fraction of sp³-hybridized carbons (Fsp3) is 0.742. The van der Waals surface area contributed by atoms with Crippen molar-refractivity contribution in [1.29, 1.82) is 0 Å². The molecular weight excluding hydrogens is 404 g/mol. The van der Waals surface area contributed by atoms with Crippen molar-refractivity contribution in [3.8, 4) is 0 Å². The molecule has 4 unspecified atom stereocenters. The van der Waals surface area contributed by atoms with E-state index < -0.39 is 0 Å². The quantitative estimate of drug-likeness (QED) is 0.297. The average molecular weight is 453 g/mol. The second-order valence-electron chi connectivity index (χ2n) is 11.2. The van der Waals surface area contributed by atoms with Crippen LogP contribution in [0.4, 0.5) is 0 Å². The number of hydrogen-bond acceptors (Lipinski definition) is 2. The standard InChI is InChI=1S/C31H48O2/c1-3-4-13-26-14-6-7-15-28(26)23-30(33)18-10-17-29(32)22-25-12-9-16-27(21-20-25)31-19-8-5-11-24(31)2/h5,8,11,19,25-28H,3-4,6-7,9-10,12-18,20-23H2,1-2H3. The Kier molecular flexibility index (Phi) is 11.2. The molecule has 1 aromatic carbocycles. The molecule has 2 aliphatic rings. The van der Waals surface area contributed by atoms with E-state index in [0.29, 0.717) is 42.2 Å². The summed E-state index contributed by atoms with van der Waals surface area (Å²) in [4.78, 5) is 25.3. The maximum Gasteiger partial charge on any atom is 0.133 e. The van der Waals surface area contributed by atoms with Gasteiger partial charge in [0, 0.05) is 25.7 Å². The number of benzene rings is 1. The maximum atomic E-state index is 12.7. The molecule has 0 saturated heterocycles. The highest BCUT2D eigenvalue weighted by molar-refractivity contribution is 5.81. The third-order valence-electron chi connectivity index (χ3n) is 8.63. The number of Topliss-reactive ketones (excluding diaryl/α,β-unsaturated/α-hetero) is 2. The van der Waals surface area contributed by atoms with Crippen molar-refractivity contribution in [3.63, 3.8) is 0 Å². The number of rotatable bonds is 12. The van der Waals surface area contributed by atoms with Crippen LogP contribution < -0.4 is 0 Å². The molecule has 0 radical (unpaired) electrons.